The fourth-order valence-electron chi connectivity index (χ4n) is 0.879. The molecular weight excluding hydrogens is 176 g/mol. The number of aromatic nitrogens is 1. The molecule has 12 heavy (non-hydrogen) atoms. The number of hydrogen-bond acceptors (Lipinski definition) is 4. The third kappa shape index (κ3) is 2.98. The molecule has 0 unspecified atom stereocenters. The predicted octanol–water partition coefficient (Wildman–Crippen LogP) is 0.659. The topological polar surface area (TPSA) is 53.4 Å². The Bertz CT molecular complexity index is 248. The molecule has 1 heterocycles. The number of carboxylic acid groups (broad SMARTS) is 1. The van der Waals surface area contributed by atoms with Crippen molar-refractivity contribution in [3.05, 3.63) is 16.6 Å². The minimum absolute atomic E-state index is 0.0531. The average molecular weight is 186 g/mol. The standard InChI is InChI=1S/C7H10N2O2S/c1-9(3-7(10)11)2-6-4-12-5-8-6/h4-5H,2-3H2,1H3,(H,10,11). The summed E-state index contributed by atoms with van der Waals surface area (Å²) in [5.74, 6) is -0.812. The van der Waals surface area contributed by atoms with Gasteiger partial charge in [0.05, 0.1) is 17.7 Å². The van der Waals surface area contributed by atoms with E-state index in [-0.39, 0.29) is 6.54 Å². The maximum Gasteiger partial charge on any atom is 0.317 e. The van der Waals surface area contributed by atoms with Crippen molar-refractivity contribution in [3.63, 3.8) is 0 Å². The number of hydrogen-bond donors (Lipinski definition) is 1. The predicted molar refractivity (Wildman–Crippen MR) is 46.1 cm³/mol. The summed E-state index contributed by atoms with van der Waals surface area (Å²) in [6, 6.07) is 0. The molecule has 0 aliphatic carbocycles. The molecule has 1 aromatic rings. The molecule has 0 atom stereocenters. The Morgan fingerprint density at radius 3 is 3.08 bits per heavy atom. The molecule has 0 bridgehead atoms. The van der Waals surface area contributed by atoms with Crippen LogP contribution >= 0.6 is 11.3 Å². The number of likely N-dealkylation sites (N-methyl/N-ethyl adjacent to an activating group) is 1. The smallest absolute Gasteiger partial charge is 0.317 e. The second-order valence-corrected chi connectivity index (χ2v) is 3.26. The molecule has 5 heteroatoms. The highest BCUT2D eigenvalue weighted by Crippen LogP contribution is 2.03. The van der Waals surface area contributed by atoms with Crippen molar-refractivity contribution in [2.45, 2.75) is 6.54 Å². The lowest BCUT2D eigenvalue weighted by Crippen LogP contribution is -2.25. The fourth-order valence-corrected chi connectivity index (χ4v) is 1.43. The van der Waals surface area contributed by atoms with Gasteiger partial charge in [0.2, 0.25) is 0 Å². The van der Waals surface area contributed by atoms with E-state index in [2.05, 4.69) is 4.98 Å². The number of carboxylic acids is 1. The van der Waals surface area contributed by atoms with E-state index < -0.39 is 5.97 Å². The molecule has 0 saturated heterocycles. The molecule has 4 nitrogen and oxygen atoms in total. The Morgan fingerprint density at radius 2 is 2.58 bits per heavy atom. The largest absolute Gasteiger partial charge is 0.480 e. The van der Waals surface area contributed by atoms with Gasteiger partial charge in [0.1, 0.15) is 0 Å². The molecule has 0 aliphatic rings. The lowest BCUT2D eigenvalue weighted by Gasteiger charge is -2.11. The molecule has 1 rings (SSSR count). The molecule has 0 spiro atoms. The Kier molecular flexibility index (Phi) is 3.19. The minimum atomic E-state index is -0.812. The first-order valence-corrected chi connectivity index (χ1v) is 4.40. The van der Waals surface area contributed by atoms with Crippen LogP contribution in [0.4, 0.5) is 0 Å². The maximum atomic E-state index is 10.3. The molecule has 1 N–H and O–H groups in total. The number of rotatable bonds is 4. The maximum absolute atomic E-state index is 10.3. The fraction of sp³-hybridized carbons (Fsp3) is 0.429. The molecule has 0 aromatic carbocycles. The van der Waals surface area contributed by atoms with Crippen LogP contribution in [0.2, 0.25) is 0 Å². The zero-order valence-electron chi connectivity index (χ0n) is 6.73. The highest BCUT2D eigenvalue weighted by Gasteiger charge is 2.05. The van der Waals surface area contributed by atoms with Gasteiger partial charge in [-0.3, -0.25) is 9.69 Å². The average Bonchev–Trinajstić information content (AvgIpc) is 2.37. The van der Waals surface area contributed by atoms with E-state index in [1.165, 1.54) is 11.3 Å². The van der Waals surface area contributed by atoms with Crippen LogP contribution in [-0.4, -0.2) is 34.6 Å². The summed E-state index contributed by atoms with van der Waals surface area (Å²) in [5, 5.41) is 10.4. The Morgan fingerprint density at radius 1 is 1.83 bits per heavy atom. The van der Waals surface area contributed by atoms with Crippen molar-refractivity contribution < 1.29 is 9.90 Å². The van der Waals surface area contributed by atoms with E-state index in [1.807, 2.05) is 5.38 Å². The van der Waals surface area contributed by atoms with Gasteiger partial charge in [0.15, 0.2) is 0 Å². The van der Waals surface area contributed by atoms with Crippen molar-refractivity contribution in [1.82, 2.24) is 9.88 Å². The van der Waals surface area contributed by atoms with Crippen LogP contribution in [0.1, 0.15) is 5.69 Å². The third-order valence-electron chi connectivity index (χ3n) is 1.32. The Balaban J connectivity index is 2.36. The summed E-state index contributed by atoms with van der Waals surface area (Å²) in [6.07, 6.45) is 0. The molecule has 0 fully saturated rings. The van der Waals surface area contributed by atoms with Gasteiger partial charge in [-0.05, 0) is 7.05 Å². The van der Waals surface area contributed by atoms with Crippen molar-refractivity contribution in [1.29, 1.82) is 0 Å². The summed E-state index contributed by atoms with van der Waals surface area (Å²) in [6.45, 7) is 0.646. The van der Waals surface area contributed by atoms with E-state index in [9.17, 15) is 4.79 Å². The lowest BCUT2D eigenvalue weighted by molar-refractivity contribution is -0.138. The van der Waals surface area contributed by atoms with E-state index in [0.717, 1.165) is 5.69 Å². The van der Waals surface area contributed by atoms with Crippen molar-refractivity contribution in [3.8, 4) is 0 Å². The summed E-state index contributed by atoms with van der Waals surface area (Å²) in [7, 11) is 1.76. The second kappa shape index (κ2) is 4.18. The van der Waals surface area contributed by atoms with Gasteiger partial charge >= 0.3 is 5.97 Å². The highest BCUT2D eigenvalue weighted by molar-refractivity contribution is 7.07. The summed E-state index contributed by atoms with van der Waals surface area (Å²) < 4.78 is 0. The van der Waals surface area contributed by atoms with Crippen LogP contribution in [0.3, 0.4) is 0 Å². The second-order valence-electron chi connectivity index (χ2n) is 2.55. The molecule has 1 aromatic heterocycles. The van der Waals surface area contributed by atoms with Crippen LogP contribution in [0, 0.1) is 0 Å². The van der Waals surface area contributed by atoms with E-state index >= 15 is 0 Å². The monoisotopic (exact) mass is 186 g/mol. The van der Waals surface area contributed by atoms with E-state index in [1.54, 1.807) is 17.5 Å². The first-order chi connectivity index (χ1) is 5.68. The Labute approximate surface area is 74.5 Å². The molecule has 66 valence electrons. The van der Waals surface area contributed by atoms with Gasteiger partial charge in [0, 0.05) is 11.9 Å². The van der Waals surface area contributed by atoms with Crippen molar-refractivity contribution in [2.75, 3.05) is 13.6 Å². The summed E-state index contributed by atoms with van der Waals surface area (Å²) in [4.78, 5) is 16.0. The molecular formula is C7H10N2O2S. The first kappa shape index (κ1) is 9.15. The molecule has 0 aliphatic heterocycles. The summed E-state index contributed by atoms with van der Waals surface area (Å²) in [5.41, 5.74) is 2.66. The third-order valence-corrected chi connectivity index (χ3v) is 1.96. The zero-order valence-corrected chi connectivity index (χ0v) is 7.54. The van der Waals surface area contributed by atoms with E-state index in [0.29, 0.717) is 6.54 Å². The number of nitrogens with zero attached hydrogens (tertiary/aromatic N) is 2. The van der Waals surface area contributed by atoms with Gasteiger partial charge in [0.25, 0.3) is 0 Å². The molecule has 0 saturated carbocycles. The highest BCUT2D eigenvalue weighted by atomic mass is 32.1. The zero-order chi connectivity index (χ0) is 8.97. The number of thiazole rings is 1. The van der Waals surface area contributed by atoms with Crippen LogP contribution in [-0.2, 0) is 11.3 Å². The lowest BCUT2D eigenvalue weighted by atomic mass is 10.4. The first-order valence-electron chi connectivity index (χ1n) is 3.46. The van der Waals surface area contributed by atoms with Gasteiger partial charge in [-0.15, -0.1) is 11.3 Å². The molecule has 0 amide bonds. The van der Waals surface area contributed by atoms with Crippen LogP contribution < -0.4 is 0 Å². The van der Waals surface area contributed by atoms with Gasteiger partial charge in [-0.2, -0.15) is 0 Å². The van der Waals surface area contributed by atoms with Crippen LogP contribution in [0.25, 0.3) is 0 Å². The van der Waals surface area contributed by atoms with E-state index in [4.69, 9.17) is 5.11 Å². The minimum Gasteiger partial charge on any atom is -0.480 e. The molecule has 0 radical (unpaired) electrons. The normalized spacial score (nSPS) is 10.5. The van der Waals surface area contributed by atoms with Crippen LogP contribution in [0.5, 0.6) is 0 Å². The van der Waals surface area contributed by atoms with Gasteiger partial charge in [-0.1, -0.05) is 0 Å². The summed E-state index contributed by atoms with van der Waals surface area (Å²) >= 11 is 1.52. The Hall–Kier alpha value is -0.940. The number of aliphatic carboxylic acids is 1. The van der Waals surface area contributed by atoms with Gasteiger partial charge < -0.3 is 5.11 Å². The number of carbonyl (C=O) groups is 1. The van der Waals surface area contributed by atoms with Gasteiger partial charge in [-0.25, -0.2) is 4.98 Å². The quantitative estimate of drug-likeness (QED) is 0.750. The SMILES string of the molecule is CN(CC(=O)O)Cc1cscn1. The van der Waals surface area contributed by atoms with Crippen molar-refractivity contribution >= 4 is 17.3 Å². The van der Waals surface area contributed by atoms with Crippen LogP contribution in [0.15, 0.2) is 10.9 Å². The van der Waals surface area contributed by atoms with Crippen molar-refractivity contribution in [2.24, 2.45) is 0 Å².